The van der Waals surface area contributed by atoms with Crippen molar-refractivity contribution < 1.29 is 9.21 Å². The first-order chi connectivity index (χ1) is 13.0. The minimum absolute atomic E-state index is 0.0913. The van der Waals surface area contributed by atoms with E-state index in [0.717, 1.165) is 18.8 Å². The van der Waals surface area contributed by atoms with Crippen LogP contribution in [0.4, 0.5) is 5.95 Å². The number of amides is 1. The molecular weight excluding hydrogens is 364 g/mol. The van der Waals surface area contributed by atoms with E-state index < -0.39 is 0 Å². The van der Waals surface area contributed by atoms with Gasteiger partial charge in [-0.05, 0) is 44.4 Å². The van der Waals surface area contributed by atoms with Crippen molar-refractivity contribution in [2.75, 3.05) is 18.0 Å². The van der Waals surface area contributed by atoms with Crippen molar-refractivity contribution in [3.63, 3.8) is 0 Å². The smallest absolute Gasteiger partial charge is 0.272 e. The normalized spacial score (nSPS) is 11.1. The number of nitrogens with one attached hydrogen (secondary N) is 1. The molecule has 27 heavy (non-hydrogen) atoms. The summed E-state index contributed by atoms with van der Waals surface area (Å²) in [5, 5.41) is 4.70. The molecule has 144 valence electrons. The molecule has 0 unspecified atom stereocenters. The average Bonchev–Trinajstić information content (AvgIpc) is 3.29. The van der Waals surface area contributed by atoms with Gasteiger partial charge < -0.3 is 14.6 Å². The topological polar surface area (TPSA) is 80.4 Å². The number of hydrogen-bond donors (Lipinski definition) is 1. The molecule has 3 aromatic rings. The average molecular weight is 388 g/mol. The van der Waals surface area contributed by atoms with Gasteiger partial charge in [-0.3, -0.25) is 14.2 Å². The maximum atomic E-state index is 12.9. The van der Waals surface area contributed by atoms with Gasteiger partial charge in [0, 0.05) is 26.1 Å². The fourth-order valence-corrected chi connectivity index (χ4v) is 3.73. The Bertz CT molecular complexity index is 984. The van der Waals surface area contributed by atoms with Crippen molar-refractivity contribution in [1.82, 2.24) is 14.9 Å². The van der Waals surface area contributed by atoms with E-state index in [2.05, 4.69) is 10.3 Å². The maximum Gasteiger partial charge on any atom is 0.272 e. The third-order valence-electron chi connectivity index (χ3n) is 4.41. The molecule has 1 amide bonds. The van der Waals surface area contributed by atoms with E-state index in [4.69, 9.17) is 4.42 Å². The summed E-state index contributed by atoms with van der Waals surface area (Å²) in [4.78, 5) is 31.8. The maximum absolute atomic E-state index is 12.9. The van der Waals surface area contributed by atoms with Gasteiger partial charge in [0.2, 0.25) is 11.9 Å². The Labute approximate surface area is 161 Å². The summed E-state index contributed by atoms with van der Waals surface area (Å²) in [7, 11) is 0. The molecule has 0 aromatic carbocycles. The van der Waals surface area contributed by atoms with Gasteiger partial charge in [0.1, 0.15) is 16.2 Å². The fourth-order valence-electron chi connectivity index (χ4n) is 2.95. The second-order valence-electron chi connectivity index (χ2n) is 6.21. The highest BCUT2D eigenvalue weighted by Crippen LogP contribution is 2.19. The molecule has 7 nitrogen and oxygen atoms in total. The molecule has 1 N–H and O–H groups in total. The Morgan fingerprint density at radius 3 is 2.74 bits per heavy atom. The van der Waals surface area contributed by atoms with E-state index in [9.17, 15) is 9.59 Å². The lowest BCUT2D eigenvalue weighted by molar-refractivity contribution is -0.121. The number of aryl methyl sites for hydroxylation is 1. The highest BCUT2D eigenvalue weighted by molar-refractivity contribution is 7.17. The first-order valence-corrected chi connectivity index (χ1v) is 9.96. The molecule has 3 heterocycles. The van der Waals surface area contributed by atoms with Crippen molar-refractivity contribution in [1.29, 1.82) is 0 Å². The molecule has 0 aliphatic carbocycles. The second kappa shape index (κ2) is 8.39. The zero-order valence-corrected chi connectivity index (χ0v) is 16.6. The van der Waals surface area contributed by atoms with Crippen molar-refractivity contribution in [2.45, 2.75) is 40.3 Å². The monoisotopic (exact) mass is 388 g/mol. The van der Waals surface area contributed by atoms with Crippen LogP contribution in [0.1, 0.15) is 31.8 Å². The number of anilines is 1. The molecule has 0 atom stereocenters. The molecule has 0 spiro atoms. The van der Waals surface area contributed by atoms with Crippen LogP contribution in [0.25, 0.3) is 10.2 Å². The number of hydrogen-bond acceptors (Lipinski definition) is 6. The lowest BCUT2D eigenvalue weighted by Gasteiger charge is -2.23. The quantitative estimate of drug-likeness (QED) is 0.642. The van der Waals surface area contributed by atoms with Crippen molar-refractivity contribution >= 4 is 33.4 Å². The number of nitrogens with zero attached hydrogens (tertiary/aromatic N) is 3. The number of thiophene rings is 1. The molecule has 0 aliphatic rings. The highest BCUT2D eigenvalue weighted by Gasteiger charge is 2.17. The number of rotatable bonds is 8. The Kier molecular flexibility index (Phi) is 5.95. The summed E-state index contributed by atoms with van der Waals surface area (Å²) < 4.78 is 7.69. The van der Waals surface area contributed by atoms with E-state index in [1.165, 1.54) is 11.3 Å². The molecule has 0 radical (unpaired) electrons. The summed E-state index contributed by atoms with van der Waals surface area (Å²) >= 11 is 1.38. The standard InChI is InChI=1S/C19H24N4O3S/c1-4-22(5-2)19-21-15-9-11-27-17(15)18(25)23(19)10-8-16(24)20-12-14-7-6-13(3)26-14/h6-7,9,11H,4-5,8,10,12H2,1-3H3,(H,20,24). The minimum atomic E-state index is -0.132. The van der Waals surface area contributed by atoms with Crippen LogP contribution in [0, 0.1) is 6.92 Å². The molecular formula is C19H24N4O3S. The van der Waals surface area contributed by atoms with Gasteiger partial charge in [0.05, 0.1) is 12.1 Å². The fraction of sp³-hybridized carbons (Fsp3) is 0.421. The van der Waals surface area contributed by atoms with Gasteiger partial charge >= 0.3 is 0 Å². The van der Waals surface area contributed by atoms with Gasteiger partial charge in [-0.2, -0.15) is 0 Å². The lowest BCUT2D eigenvalue weighted by atomic mass is 10.3. The van der Waals surface area contributed by atoms with Crippen LogP contribution in [0.2, 0.25) is 0 Å². The zero-order chi connectivity index (χ0) is 19.4. The molecule has 3 aromatic heterocycles. The van der Waals surface area contributed by atoms with Crippen LogP contribution >= 0.6 is 11.3 Å². The summed E-state index contributed by atoms with van der Waals surface area (Å²) in [6.45, 7) is 8.01. The van der Waals surface area contributed by atoms with E-state index in [0.29, 0.717) is 28.5 Å². The SMILES string of the molecule is CCN(CC)c1nc2ccsc2c(=O)n1CCC(=O)NCc1ccc(C)o1. The predicted molar refractivity (Wildman–Crippen MR) is 107 cm³/mol. The summed E-state index contributed by atoms with van der Waals surface area (Å²) in [5.74, 6) is 2.01. The van der Waals surface area contributed by atoms with E-state index in [1.54, 1.807) is 4.57 Å². The predicted octanol–water partition coefficient (Wildman–Crippen LogP) is 2.91. The molecule has 0 saturated carbocycles. The Hall–Kier alpha value is -2.61. The van der Waals surface area contributed by atoms with Gasteiger partial charge in [-0.25, -0.2) is 4.98 Å². The number of carbonyl (C=O) groups is 1. The van der Waals surface area contributed by atoms with Crippen molar-refractivity contribution in [3.8, 4) is 0 Å². The molecule has 8 heteroatoms. The Morgan fingerprint density at radius 1 is 1.30 bits per heavy atom. The summed E-state index contributed by atoms with van der Waals surface area (Å²) in [6.07, 6.45) is 0.201. The lowest BCUT2D eigenvalue weighted by Crippen LogP contribution is -2.34. The number of fused-ring (bicyclic) bond motifs is 1. The molecule has 0 bridgehead atoms. The first-order valence-electron chi connectivity index (χ1n) is 9.08. The Morgan fingerprint density at radius 2 is 2.07 bits per heavy atom. The van der Waals surface area contributed by atoms with Crippen LogP contribution in [-0.4, -0.2) is 28.5 Å². The largest absolute Gasteiger partial charge is 0.465 e. The summed E-state index contributed by atoms with van der Waals surface area (Å²) in [6, 6.07) is 5.56. The van der Waals surface area contributed by atoms with Crippen molar-refractivity contribution in [2.24, 2.45) is 0 Å². The van der Waals surface area contributed by atoms with Gasteiger partial charge in [0.15, 0.2) is 0 Å². The number of furan rings is 1. The number of carbonyl (C=O) groups excluding carboxylic acids is 1. The first kappa shape index (κ1) is 19.2. The van der Waals surface area contributed by atoms with Crippen LogP contribution in [0.5, 0.6) is 0 Å². The van der Waals surface area contributed by atoms with Gasteiger partial charge in [0.25, 0.3) is 5.56 Å². The van der Waals surface area contributed by atoms with Crippen LogP contribution in [-0.2, 0) is 17.9 Å². The number of aromatic nitrogens is 2. The van der Waals surface area contributed by atoms with Crippen LogP contribution in [0.15, 0.2) is 32.8 Å². The van der Waals surface area contributed by atoms with E-state index >= 15 is 0 Å². The second-order valence-corrected chi connectivity index (χ2v) is 7.13. The summed E-state index contributed by atoms with van der Waals surface area (Å²) in [5.41, 5.74) is 0.618. The van der Waals surface area contributed by atoms with Crippen molar-refractivity contribution in [3.05, 3.63) is 45.5 Å². The van der Waals surface area contributed by atoms with Gasteiger partial charge in [-0.15, -0.1) is 11.3 Å². The molecule has 0 fully saturated rings. The van der Waals surface area contributed by atoms with Gasteiger partial charge in [-0.1, -0.05) is 0 Å². The minimum Gasteiger partial charge on any atom is -0.465 e. The highest BCUT2D eigenvalue weighted by atomic mass is 32.1. The van der Waals surface area contributed by atoms with Crippen LogP contribution in [0.3, 0.4) is 0 Å². The third kappa shape index (κ3) is 4.21. The molecule has 0 aliphatic heterocycles. The van der Waals surface area contributed by atoms with Crippen LogP contribution < -0.4 is 15.8 Å². The molecule has 3 rings (SSSR count). The van der Waals surface area contributed by atoms with E-state index in [-0.39, 0.29) is 24.4 Å². The zero-order valence-electron chi connectivity index (χ0n) is 15.8. The third-order valence-corrected chi connectivity index (χ3v) is 5.30. The Balaban J connectivity index is 1.76. The molecule has 0 saturated heterocycles. The van der Waals surface area contributed by atoms with E-state index in [1.807, 2.05) is 49.3 Å².